The summed E-state index contributed by atoms with van der Waals surface area (Å²) in [5.74, 6) is -1.30. The normalized spacial score (nSPS) is 11.8. The van der Waals surface area contributed by atoms with Crippen LogP contribution in [-0.2, 0) is 11.8 Å². The highest BCUT2D eigenvalue weighted by Gasteiger charge is 2.18. The molecule has 4 aromatic rings. The molecular formula is C22H17ClN4O4. The van der Waals surface area contributed by atoms with E-state index in [1.807, 2.05) is 0 Å². The van der Waals surface area contributed by atoms with Gasteiger partial charge in [0.1, 0.15) is 16.9 Å². The van der Waals surface area contributed by atoms with Crippen molar-refractivity contribution in [1.82, 2.24) is 14.0 Å². The molecule has 0 aliphatic rings. The van der Waals surface area contributed by atoms with Crippen molar-refractivity contribution in [2.75, 3.05) is 6.61 Å². The van der Waals surface area contributed by atoms with Crippen LogP contribution in [0.15, 0.2) is 64.5 Å². The summed E-state index contributed by atoms with van der Waals surface area (Å²) in [6.45, 7) is 1.79. The standard InChI is InChI=1S/C22H17ClN4O4/c1-3-31-22(30)16-12-15-18(24-17-9-4-5-10-27(17)21(15)29)26(2)19(16)25-20(28)13-7-6-8-14(23)11-13/h4-12H,3H2,1-2H3. The van der Waals surface area contributed by atoms with Gasteiger partial charge in [-0.25, -0.2) is 9.78 Å². The molecule has 0 radical (unpaired) electrons. The van der Waals surface area contributed by atoms with Gasteiger partial charge >= 0.3 is 5.97 Å². The molecule has 0 bridgehead atoms. The van der Waals surface area contributed by atoms with Crippen molar-refractivity contribution in [3.8, 4) is 0 Å². The number of nitrogens with zero attached hydrogens (tertiary/aromatic N) is 4. The first-order valence-electron chi connectivity index (χ1n) is 9.43. The Morgan fingerprint density at radius 1 is 1.16 bits per heavy atom. The fourth-order valence-corrected chi connectivity index (χ4v) is 3.43. The molecule has 156 valence electrons. The molecule has 1 amide bonds. The predicted octanol–water partition coefficient (Wildman–Crippen LogP) is 2.76. The number of carbonyl (C=O) groups is 2. The molecule has 0 spiro atoms. The second kappa shape index (κ2) is 8.16. The van der Waals surface area contributed by atoms with Crippen LogP contribution in [0.2, 0.25) is 5.02 Å². The third-order valence-electron chi connectivity index (χ3n) is 4.69. The summed E-state index contributed by atoms with van der Waals surface area (Å²) in [6.07, 6.45) is 1.59. The maximum absolute atomic E-state index is 13.0. The summed E-state index contributed by atoms with van der Waals surface area (Å²) in [6, 6.07) is 12.8. The second-order valence-electron chi connectivity index (χ2n) is 6.67. The monoisotopic (exact) mass is 436 g/mol. The summed E-state index contributed by atoms with van der Waals surface area (Å²) in [4.78, 5) is 47.1. The van der Waals surface area contributed by atoms with Crippen LogP contribution < -0.4 is 11.0 Å². The number of pyridine rings is 2. The Morgan fingerprint density at radius 2 is 1.97 bits per heavy atom. The fourth-order valence-electron chi connectivity index (χ4n) is 3.24. The Hall–Kier alpha value is -3.78. The van der Waals surface area contributed by atoms with Gasteiger partial charge in [-0.3, -0.25) is 14.0 Å². The highest BCUT2D eigenvalue weighted by molar-refractivity contribution is 6.31. The zero-order valence-corrected chi connectivity index (χ0v) is 17.5. The molecule has 8 nitrogen and oxygen atoms in total. The zero-order chi connectivity index (χ0) is 22.1. The highest BCUT2D eigenvalue weighted by Crippen LogP contribution is 2.13. The Bertz CT molecular complexity index is 1490. The Balaban J connectivity index is 2.07. The first kappa shape index (κ1) is 20.5. The van der Waals surface area contributed by atoms with Gasteiger partial charge in [0.2, 0.25) is 0 Å². The van der Waals surface area contributed by atoms with E-state index in [2.05, 4.69) is 9.98 Å². The molecule has 0 aliphatic carbocycles. The molecular weight excluding hydrogens is 420 g/mol. The van der Waals surface area contributed by atoms with E-state index in [1.165, 1.54) is 21.1 Å². The van der Waals surface area contributed by atoms with Gasteiger partial charge in [-0.2, -0.15) is 4.99 Å². The summed E-state index contributed by atoms with van der Waals surface area (Å²) in [7, 11) is 1.58. The van der Waals surface area contributed by atoms with E-state index < -0.39 is 11.9 Å². The lowest BCUT2D eigenvalue weighted by molar-refractivity contribution is 0.0523. The Labute approximate surface area is 181 Å². The minimum atomic E-state index is -0.699. The van der Waals surface area contributed by atoms with Gasteiger partial charge in [0, 0.05) is 23.8 Å². The van der Waals surface area contributed by atoms with Crippen molar-refractivity contribution in [2.24, 2.45) is 12.0 Å². The van der Waals surface area contributed by atoms with Crippen LogP contribution in [-0.4, -0.2) is 32.4 Å². The number of ether oxygens (including phenoxy) is 1. The number of rotatable bonds is 3. The number of hydrogen-bond donors (Lipinski definition) is 0. The van der Waals surface area contributed by atoms with Crippen LogP contribution in [0.5, 0.6) is 0 Å². The maximum Gasteiger partial charge on any atom is 0.341 e. The van der Waals surface area contributed by atoms with Crippen LogP contribution in [0.4, 0.5) is 0 Å². The molecule has 0 atom stereocenters. The van der Waals surface area contributed by atoms with E-state index in [1.54, 1.807) is 56.6 Å². The van der Waals surface area contributed by atoms with Gasteiger partial charge in [-0.1, -0.05) is 23.7 Å². The first-order chi connectivity index (χ1) is 14.9. The van der Waals surface area contributed by atoms with Crippen molar-refractivity contribution >= 4 is 40.2 Å². The van der Waals surface area contributed by atoms with Crippen molar-refractivity contribution in [2.45, 2.75) is 6.92 Å². The number of aromatic nitrogens is 3. The minimum Gasteiger partial charge on any atom is -0.462 e. The van der Waals surface area contributed by atoms with E-state index in [-0.39, 0.29) is 39.8 Å². The molecule has 1 aromatic carbocycles. The van der Waals surface area contributed by atoms with Crippen molar-refractivity contribution in [3.05, 3.63) is 86.7 Å². The van der Waals surface area contributed by atoms with E-state index in [0.717, 1.165) is 0 Å². The van der Waals surface area contributed by atoms with Crippen LogP contribution >= 0.6 is 11.6 Å². The van der Waals surface area contributed by atoms with Crippen LogP contribution in [0.1, 0.15) is 27.6 Å². The number of hydrogen-bond acceptors (Lipinski definition) is 5. The van der Waals surface area contributed by atoms with Gasteiger partial charge in [0.25, 0.3) is 11.5 Å². The maximum atomic E-state index is 13.0. The van der Waals surface area contributed by atoms with Gasteiger partial charge in [-0.15, -0.1) is 0 Å². The third kappa shape index (κ3) is 3.73. The van der Waals surface area contributed by atoms with Gasteiger partial charge in [0.05, 0.1) is 12.0 Å². The highest BCUT2D eigenvalue weighted by atomic mass is 35.5. The molecule has 0 aliphatic heterocycles. The lowest BCUT2D eigenvalue weighted by Gasteiger charge is -2.11. The molecule has 3 heterocycles. The molecule has 4 rings (SSSR count). The number of amides is 1. The average Bonchev–Trinajstić information content (AvgIpc) is 2.76. The summed E-state index contributed by atoms with van der Waals surface area (Å²) in [5, 5.41) is 0.583. The summed E-state index contributed by atoms with van der Waals surface area (Å²) < 4.78 is 7.96. The predicted molar refractivity (Wildman–Crippen MR) is 115 cm³/mol. The van der Waals surface area contributed by atoms with E-state index in [4.69, 9.17) is 16.3 Å². The van der Waals surface area contributed by atoms with Crippen LogP contribution in [0.25, 0.3) is 16.7 Å². The van der Waals surface area contributed by atoms with Crippen molar-refractivity contribution < 1.29 is 14.3 Å². The quantitative estimate of drug-likeness (QED) is 0.363. The lowest BCUT2D eigenvalue weighted by Crippen LogP contribution is -2.31. The smallest absolute Gasteiger partial charge is 0.341 e. The number of benzene rings is 1. The van der Waals surface area contributed by atoms with Crippen molar-refractivity contribution in [3.63, 3.8) is 0 Å². The lowest BCUT2D eigenvalue weighted by atomic mass is 10.2. The Kier molecular flexibility index (Phi) is 5.39. The number of fused-ring (bicyclic) bond motifs is 2. The van der Waals surface area contributed by atoms with Crippen molar-refractivity contribution in [1.29, 1.82) is 0 Å². The molecule has 0 fully saturated rings. The molecule has 9 heteroatoms. The van der Waals surface area contributed by atoms with Gasteiger partial charge in [0.15, 0.2) is 5.49 Å². The number of halogens is 1. The number of carbonyl (C=O) groups excluding carboxylic acids is 2. The van der Waals surface area contributed by atoms with Gasteiger partial charge < -0.3 is 9.30 Å². The molecule has 0 saturated heterocycles. The molecule has 3 aromatic heterocycles. The summed E-state index contributed by atoms with van der Waals surface area (Å²) >= 11 is 5.98. The van der Waals surface area contributed by atoms with E-state index in [0.29, 0.717) is 10.7 Å². The third-order valence-corrected chi connectivity index (χ3v) is 4.92. The molecule has 0 saturated carbocycles. The Morgan fingerprint density at radius 3 is 2.71 bits per heavy atom. The largest absolute Gasteiger partial charge is 0.462 e. The summed E-state index contributed by atoms with van der Waals surface area (Å²) in [5.41, 5.74) is 0.627. The fraction of sp³-hybridized carbons (Fsp3) is 0.136. The topological polar surface area (TPSA) is 95.0 Å². The second-order valence-corrected chi connectivity index (χ2v) is 7.11. The van der Waals surface area contributed by atoms with Crippen LogP contribution in [0.3, 0.4) is 0 Å². The van der Waals surface area contributed by atoms with Gasteiger partial charge in [-0.05, 0) is 43.3 Å². The zero-order valence-electron chi connectivity index (χ0n) is 16.7. The minimum absolute atomic E-state index is 0.0120. The first-order valence-corrected chi connectivity index (χ1v) is 9.81. The molecule has 31 heavy (non-hydrogen) atoms. The molecule has 0 N–H and O–H groups in total. The average molecular weight is 437 g/mol. The number of esters is 1. The van der Waals surface area contributed by atoms with Crippen LogP contribution in [0, 0.1) is 0 Å². The number of aryl methyl sites for hydroxylation is 1. The van der Waals surface area contributed by atoms with E-state index >= 15 is 0 Å². The van der Waals surface area contributed by atoms with E-state index in [9.17, 15) is 14.4 Å². The molecule has 0 unspecified atom stereocenters. The SMILES string of the molecule is CCOC(=O)c1cc2c(=O)n3ccccc3nc2n(C)c1=NC(=O)c1cccc(Cl)c1.